The molecule has 0 aromatic heterocycles. The number of carboxylic acids is 1. The van der Waals surface area contributed by atoms with Crippen LogP contribution in [-0.2, 0) is 9.59 Å². The molecule has 1 fully saturated rings. The zero-order valence-electron chi connectivity index (χ0n) is 12.4. The van der Waals surface area contributed by atoms with Crippen LogP contribution in [0.15, 0.2) is 0 Å². The molecule has 0 saturated carbocycles. The van der Waals surface area contributed by atoms with Gasteiger partial charge in [-0.1, -0.05) is 6.92 Å². The SMILES string of the molecule is CCC(C)(C)NC(=O)[C@@H](C)N1CCC[C@H](C(=O)O)C1. The van der Waals surface area contributed by atoms with Crippen molar-refractivity contribution in [2.75, 3.05) is 13.1 Å². The Morgan fingerprint density at radius 2 is 2.11 bits per heavy atom. The Morgan fingerprint density at radius 1 is 1.47 bits per heavy atom. The second kappa shape index (κ2) is 6.37. The van der Waals surface area contributed by atoms with Gasteiger partial charge in [-0.3, -0.25) is 14.5 Å². The number of carbonyl (C=O) groups is 2. The van der Waals surface area contributed by atoms with E-state index in [4.69, 9.17) is 5.11 Å². The predicted octanol–water partition coefficient (Wildman–Crippen LogP) is 1.48. The van der Waals surface area contributed by atoms with Gasteiger partial charge in [0.1, 0.15) is 0 Å². The number of hydrogen-bond acceptors (Lipinski definition) is 3. The Labute approximate surface area is 115 Å². The average molecular weight is 270 g/mol. The highest BCUT2D eigenvalue weighted by molar-refractivity contribution is 5.82. The first-order chi connectivity index (χ1) is 8.76. The first-order valence-corrected chi connectivity index (χ1v) is 7.05. The Balaban J connectivity index is 2.59. The normalized spacial score (nSPS) is 22.8. The lowest BCUT2D eigenvalue weighted by Gasteiger charge is -2.36. The van der Waals surface area contributed by atoms with Gasteiger partial charge in [-0.05, 0) is 46.6 Å². The summed E-state index contributed by atoms with van der Waals surface area (Å²) < 4.78 is 0. The van der Waals surface area contributed by atoms with Crippen LogP contribution >= 0.6 is 0 Å². The van der Waals surface area contributed by atoms with E-state index in [-0.39, 0.29) is 23.4 Å². The molecule has 0 unspecified atom stereocenters. The van der Waals surface area contributed by atoms with Crippen molar-refractivity contribution in [1.82, 2.24) is 10.2 Å². The number of carboxylic acid groups (broad SMARTS) is 1. The number of piperidine rings is 1. The van der Waals surface area contributed by atoms with Gasteiger partial charge in [-0.15, -0.1) is 0 Å². The fourth-order valence-electron chi connectivity index (χ4n) is 2.25. The van der Waals surface area contributed by atoms with Crippen molar-refractivity contribution >= 4 is 11.9 Å². The molecule has 0 aliphatic carbocycles. The molecule has 1 saturated heterocycles. The molecule has 1 aliphatic rings. The molecule has 5 heteroatoms. The van der Waals surface area contributed by atoms with Crippen LogP contribution in [-0.4, -0.2) is 46.6 Å². The van der Waals surface area contributed by atoms with Crippen molar-refractivity contribution in [2.24, 2.45) is 5.92 Å². The molecule has 110 valence electrons. The number of aliphatic carboxylic acids is 1. The topological polar surface area (TPSA) is 69.6 Å². The molecule has 0 aromatic carbocycles. The molecule has 19 heavy (non-hydrogen) atoms. The molecule has 2 N–H and O–H groups in total. The van der Waals surface area contributed by atoms with E-state index in [0.717, 1.165) is 19.4 Å². The van der Waals surface area contributed by atoms with Gasteiger partial charge >= 0.3 is 5.97 Å². The summed E-state index contributed by atoms with van der Waals surface area (Å²) in [4.78, 5) is 25.2. The molecular formula is C14H26N2O3. The van der Waals surface area contributed by atoms with Gasteiger partial charge in [0.25, 0.3) is 0 Å². The van der Waals surface area contributed by atoms with E-state index in [9.17, 15) is 9.59 Å². The van der Waals surface area contributed by atoms with E-state index >= 15 is 0 Å². The molecule has 5 nitrogen and oxygen atoms in total. The highest BCUT2D eigenvalue weighted by Gasteiger charge is 2.32. The molecule has 0 spiro atoms. The monoisotopic (exact) mass is 270 g/mol. The lowest BCUT2D eigenvalue weighted by atomic mass is 9.96. The molecule has 1 aliphatic heterocycles. The molecule has 0 radical (unpaired) electrons. The van der Waals surface area contributed by atoms with Crippen LogP contribution in [0.1, 0.15) is 47.0 Å². The third-order valence-corrected chi connectivity index (χ3v) is 4.07. The summed E-state index contributed by atoms with van der Waals surface area (Å²) in [7, 11) is 0. The third kappa shape index (κ3) is 4.49. The highest BCUT2D eigenvalue weighted by Crippen LogP contribution is 2.19. The fourth-order valence-corrected chi connectivity index (χ4v) is 2.25. The quantitative estimate of drug-likeness (QED) is 0.794. The second-order valence-electron chi connectivity index (χ2n) is 6.07. The van der Waals surface area contributed by atoms with Crippen molar-refractivity contribution in [2.45, 2.75) is 58.5 Å². The average Bonchev–Trinajstić information content (AvgIpc) is 2.37. The van der Waals surface area contributed by atoms with Crippen molar-refractivity contribution in [3.8, 4) is 0 Å². The molecule has 0 bridgehead atoms. The maximum Gasteiger partial charge on any atom is 0.307 e. The minimum absolute atomic E-state index is 0.0158. The number of hydrogen-bond donors (Lipinski definition) is 2. The Morgan fingerprint density at radius 3 is 2.63 bits per heavy atom. The molecule has 1 heterocycles. The summed E-state index contributed by atoms with van der Waals surface area (Å²) in [5, 5.41) is 12.1. The number of nitrogens with one attached hydrogen (secondary N) is 1. The molecular weight excluding hydrogens is 244 g/mol. The van der Waals surface area contributed by atoms with Crippen LogP contribution in [0, 0.1) is 5.92 Å². The summed E-state index contributed by atoms with van der Waals surface area (Å²) in [6.45, 7) is 9.14. The number of likely N-dealkylation sites (tertiary alicyclic amines) is 1. The number of nitrogens with zero attached hydrogens (tertiary/aromatic N) is 1. The van der Waals surface area contributed by atoms with Gasteiger partial charge in [0.15, 0.2) is 0 Å². The summed E-state index contributed by atoms with van der Waals surface area (Å²) in [5.41, 5.74) is -0.215. The van der Waals surface area contributed by atoms with Crippen LogP contribution in [0.4, 0.5) is 0 Å². The Kier molecular flexibility index (Phi) is 5.35. The molecule has 2 atom stereocenters. The van der Waals surface area contributed by atoms with Crippen molar-refractivity contribution in [1.29, 1.82) is 0 Å². The van der Waals surface area contributed by atoms with Gasteiger partial charge in [-0.25, -0.2) is 0 Å². The van der Waals surface area contributed by atoms with Crippen molar-refractivity contribution < 1.29 is 14.7 Å². The molecule has 1 rings (SSSR count). The second-order valence-corrected chi connectivity index (χ2v) is 6.07. The number of carbonyl (C=O) groups excluding carboxylic acids is 1. The molecule has 0 aromatic rings. The van der Waals surface area contributed by atoms with Crippen LogP contribution in [0.3, 0.4) is 0 Å². The van der Waals surface area contributed by atoms with Crippen LogP contribution in [0.2, 0.25) is 0 Å². The van der Waals surface area contributed by atoms with E-state index in [1.54, 1.807) is 0 Å². The van der Waals surface area contributed by atoms with Crippen LogP contribution in [0.5, 0.6) is 0 Å². The van der Waals surface area contributed by atoms with Gasteiger partial charge < -0.3 is 10.4 Å². The number of rotatable bonds is 5. The van der Waals surface area contributed by atoms with Crippen LogP contribution in [0.25, 0.3) is 0 Å². The van der Waals surface area contributed by atoms with Crippen LogP contribution < -0.4 is 5.32 Å². The third-order valence-electron chi connectivity index (χ3n) is 4.07. The summed E-state index contributed by atoms with van der Waals surface area (Å²) in [6, 6.07) is -0.270. The smallest absolute Gasteiger partial charge is 0.307 e. The lowest BCUT2D eigenvalue weighted by Crippen LogP contribution is -2.54. The van der Waals surface area contributed by atoms with Gasteiger partial charge in [-0.2, -0.15) is 0 Å². The van der Waals surface area contributed by atoms with Crippen molar-refractivity contribution in [3.05, 3.63) is 0 Å². The number of amides is 1. The van der Waals surface area contributed by atoms with E-state index in [0.29, 0.717) is 13.0 Å². The zero-order valence-corrected chi connectivity index (χ0v) is 12.4. The van der Waals surface area contributed by atoms with Crippen molar-refractivity contribution in [3.63, 3.8) is 0 Å². The fraction of sp³-hybridized carbons (Fsp3) is 0.857. The highest BCUT2D eigenvalue weighted by atomic mass is 16.4. The summed E-state index contributed by atoms with van der Waals surface area (Å²) >= 11 is 0. The Hall–Kier alpha value is -1.10. The van der Waals surface area contributed by atoms with Gasteiger partial charge in [0.2, 0.25) is 5.91 Å². The first kappa shape index (κ1) is 16.0. The zero-order chi connectivity index (χ0) is 14.6. The largest absolute Gasteiger partial charge is 0.481 e. The van der Waals surface area contributed by atoms with Gasteiger partial charge in [0, 0.05) is 12.1 Å². The first-order valence-electron chi connectivity index (χ1n) is 7.05. The standard InChI is InChI=1S/C14H26N2O3/c1-5-14(3,4)15-12(17)10(2)16-8-6-7-11(9-16)13(18)19/h10-11H,5-9H2,1-4H3,(H,15,17)(H,18,19)/t10-,11+/m1/s1. The minimum Gasteiger partial charge on any atom is -0.481 e. The minimum atomic E-state index is -0.758. The molecule has 1 amide bonds. The maximum atomic E-state index is 12.2. The predicted molar refractivity (Wildman–Crippen MR) is 73.9 cm³/mol. The van der Waals surface area contributed by atoms with E-state index in [1.165, 1.54) is 0 Å². The summed E-state index contributed by atoms with van der Waals surface area (Å²) in [5.74, 6) is -1.12. The van der Waals surface area contributed by atoms with E-state index in [1.807, 2.05) is 32.6 Å². The van der Waals surface area contributed by atoms with Gasteiger partial charge in [0.05, 0.1) is 12.0 Å². The summed E-state index contributed by atoms with van der Waals surface area (Å²) in [6.07, 6.45) is 2.41. The lowest BCUT2D eigenvalue weighted by molar-refractivity contribution is -0.145. The van der Waals surface area contributed by atoms with E-state index in [2.05, 4.69) is 5.32 Å². The Bertz CT molecular complexity index is 342. The maximum absolute atomic E-state index is 12.2. The van der Waals surface area contributed by atoms with E-state index < -0.39 is 5.97 Å².